The van der Waals surface area contributed by atoms with Crippen molar-refractivity contribution in [1.29, 1.82) is 0 Å². The number of nitrogens with one attached hydrogen (secondary N) is 1. The number of nitrogens with zero attached hydrogens (tertiary/aromatic N) is 2. The highest BCUT2D eigenvalue weighted by atomic mass is 16.5. The quantitative estimate of drug-likeness (QED) is 0.838. The van der Waals surface area contributed by atoms with Crippen LogP contribution >= 0.6 is 0 Å². The Morgan fingerprint density at radius 2 is 1.92 bits per heavy atom. The zero-order valence-corrected chi connectivity index (χ0v) is 14.0. The van der Waals surface area contributed by atoms with Crippen molar-refractivity contribution in [2.75, 3.05) is 33.3 Å². The van der Waals surface area contributed by atoms with Gasteiger partial charge >= 0.3 is 0 Å². The molecule has 2 rings (SSSR count). The van der Waals surface area contributed by atoms with Crippen LogP contribution in [0.25, 0.3) is 0 Å². The van der Waals surface area contributed by atoms with E-state index < -0.39 is 6.04 Å². The molecule has 1 aliphatic rings. The van der Waals surface area contributed by atoms with Gasteiger partial charge in [0, 0.05) is 27.1 Å². The Balaban J connectivity index is 1.93. The molecular weight excluding hydrogens is 310 g/mol. The second-order valence-corrected chi connectivity index (χ2v) is 5.59. The van der Waals surface area contributed by atoms with Crippen LogP contribution in [0.1, 0.15) is 13.3 Å². The van der Waals surface area contributed by atoms with E-state index in [1.54, 1.807) is 4.90 Å². The Labute approximate surface area is 141 Å². The minimum atomic E-state index is -0.656. The van der Waals surface area contributed by atoms with Gasteiger partial charge in [-0.15, -0.1) is 0 Å². The first-order valence-corrected chi connectivity index (χ1v) is 7.97. The number of piperazine rings is 1. The fourth-order valence-corrected chi connectivity index (χ4v) is 2.67. The molecule has 0 aliphatic carbocycles. The minimum absolute atomic E-state index is 0.0941. The van der Waals surface area contributed by atoms with E-state index in [2.05, 4.69) is 5.32 Å². The van der Waals surface area contributed by atoms with Gasteiger partial charge in [0.05, 0.1) is 19.6 Å². The van der Waals surface area contributed by atoms with Crippen LogP contribution < -0.4 is 10.1 Å². The van der Waals surface area contributed by atoms with Gasteiger partial charge in [-0.2, -0.15) is 0 Å². The molecule has 0 unspecified atom stereocenters. The van der Waals surface area contributed by atoms with Crippen LogP contribution in [-0.4, -0.2) is 66.9 Å². The third-order valence-electron chi connectivity index (χ3n) is 4.02. The van der Waals surface area contributed by atoms with Crippen LogP contribution in [0.3, 0.4) is 0 Å². The third-order valence-corrected chi connectivity index (χ3v) is 4.02. The zero-order valence-electron chi connectivity index (χ0n) is 14.0. The van der Waals surface area contributed by atoms with Crippen molar-refractivity contribution in [2.24, 2.45) is 0 Å². The Morgan fingerprint density at radius 1 is 1.21 bits per heavy atom. The molecule has 7 nitrogen and oxygen atoms in total. The molecular formula is C17H23N3O4. The lowest BCUT2D eigenvalue weighted by Gasteiger charge is -2.40. The summed E-state index contributed by atoms with van der Waals surface area (Å²) in [4.78, 5) is 39.2. The summed E-state index contributed by atoms with van der Waals surface area (Å²) in [7, 11) is 1.52. The maximum atomic E-state index is 12.5. The molecule has 0 spiro atoms. The largest absolute Gasteiger partial charge is 0.493 e. The molecule has 1 aromatic rings. The Morgan fingerprint density at radius 3 is 2.54 bits per heavy atom. The fraction of sp³-hybridized carbons (Fsp3) is 0.471. The lowest BCUT2D eigenvalue weighted by molar-refractivity contribution is -0.148. The highest BCUT2D eigenvalue weighted by Crippen LogP contribution is 2.13. The third kappa shape index (κ3) is 4.47. The average molecular weight is 333 g/mol. The van der Waals surface area contributed by atoms with Crippen molar-refractivity contribution in [3.63, 3.8) is 0 Å². The Bertz CT molecular complexity index is 591. The second-order valence-electron chi connectivity index (χ2n) is 5.59. The van der Waals surface area contributed by atoms with Crippen molar-refractivity contribution in [2.45, 2.75) is 19.4 Å². The molecule has 130 valence electrons. The molecule has 7 heteroatoms. The van der Waals surface area contributed by atoms with Crippen LogP contribution in [0, 0.1) is 0 Å². The van der Waals surface area contributed by atoms with Gasteiger partial charge in [-0.05, 0) is 12.1 Å². The summed E-state index contributed by atoms with van der Waals surface area (Å²) in [5.74, 6) is 0.193. The molecule has 0 saturated carbocycles. The van der Waals surface area contributed by atoms with Crippen LogP contribution in [0.4, 0.5) is 0 Å². The molecule has 1 N–H and O–H groups in total. The molecule has 1 fully saturated rings. The maximum Gasteiger partial charge on any atom is 0.244 e. The standard InChI is InChI=1S/C17H23N3O4/c1-13(21)19-9-10-20(15(12-19)17(23)18-2)16(22)8-11-24-14-6-4-3-5-7-14/h3-7,15H,8-12H2,1-2H3,(H,18,23)/t15-/m1/s1. The number of hydrogen-bond donors (Lipinski definition) is 1. The van der Waals surface area contributed by atoms with Gasteiger partial charge in [-0.3, -0.25) is 14.4 Å². The lowest BCUT2D eigenvalue weighted by Crippen LogP contribution is -2.61. The van der Waals surface area contributed by atoms with Crippen LogP contribution in [0.2, 0.25) is 0 Å². The van der Waals surface area contributed by atoms with Gasteiger partial charge in [-0.25, -0.2) is 0 Å². The molecule has 1 atom stereocenters. The van der Waals surface area contributed by atoms with Gasteiger partial charge in [0.25, 0.3) is 0 Å². The summed E-state index contributed by atoms with van der Waals surface area (Å²) in [5, 5.41) is 2.56. The first-order chi connectivity index (χ1) is 11.5. The molecule has 0 aromatic heterocycles. The van der Waals surface area contributed by atoms with E-state index in [9.17, 15) is 14.4 Å². The fourth-order valence-electron chi connectivity index (χ4n) is 2.67. The molecule has 24 heavy (non-hydrogen) atoms. The number of carbonyl (C=O) groups is 3. The highest BCUT2D eigenvalue weighted by molar-refractivity contribution is 5.89. The second kappa shape index (κ2) is 8.33. The number of amides is 3. The maximum absolute atomic E-state index is 12.5. The van der Waals surface area contributed by atoms with Crippen molar-refractivity contribution in [3.05, 3.63) is 30.3 Å². The molecule has 1 heterocycles. The minimum Gasteiger partial charge on any atom is -0.493 e. The normalized spacial score (nSPS) is 17.3. The van der Waals surface area contributed by atoms with E-state index >= 15 is 0 Å². The lowest BCUT2D eigenvalue weighted by atomic mass is 10.1. The predicted octanol–water partition coefficient (Wildman–Crippen LogP) is 0.261. The number of para-hydroxylation sites is 1. The first-order valence-electron chi connectivity index (χ1n) is 7.97. The zero-order chi connectivity index (χ0) is 17.5. The van der Waals surface area contributed by atoms with Gasteiger partial charge in [0.2, 0.25) is 17.7 Å². The topological polar surface area (TPSA) is 79.0 Å². The van der Waals surface area contributed by atoms with Gasteiger partial charge in [0.15, 0.2) is 0 Å². The van der Waals surface area contributed by atoms with E-state index in [4.69, 9.17) is 4.74 Å². The number of ether oxygens (including phenoxy) is 1. The number of carbonyl (C=O) groups excluding carboxylic acids is 3. The van der Waals surface area contributed by atoms with E-state index in [1.807, 2.05) is 30.3 Å². The number of likely N-dealkylation sites (N-methyl/N-ethyl adjacent to an activating group) is 1. The predicted molar refractivity (Wildman–Crippen MR) is 88.4 cm³/mol. The smallest absolute Gasteiger partial charge is 0.244 e. The van der Waals surface area contributed by atoms with Gasteiger partial charge in [0.1, 0.15) is 11.8 Å². The van der Waals surface area contributed by atoms with Crippen molar-refractivity contribution < 1.29 is 19.1 Å². The summed E-state index contributed by atoms with van der Waals surface area (Å²) >= 11 is 0. The average Bonchev–Trinajstić information content (AvgIpc) is 2.61. The molecule has 0 radical (unpaired) electrons. The van der Waals surface area contributed by atoms with Crippen molar-refractivity contribution in [1.82, 2.24) is 15.1 Å². The summed E-state index contributed by atoms with van der Waals surface area (Å²) in [6.07, 6.45) is 0.183. The van der Waals surface area contributed by atoms with E-state index in [-0.39, 0.29) is 37.3 Å². The van der Waals surface area contributed by atoms with Crippen LogP contribution in [0.5, 0.6) is 5.75 Å². The first kappa shape index (κ1) is 17.8. The molecule has 1 saturated heterocycles. The Hall–Kier alpha value is -2.57. The molecule has 1 aliphatic heterocycles. The molecule has 1 aromatic carbocycles. The SMILES string of the molecule is CNC(=O)[C@H]1CN(C(C)=O)CCN1C(=O)CCOc1ccccc1. The summed E-state index contributed by atoms with van der Waals surface area (Å²) in [6.45, 7) is 2.72. The van der Waals surface area contributed by atoms with Crippen molar-refractivity contribution >= 4 is 17.7 Å². The van der Waals surface area contributed by atoms with Gasteiger partial charge < -0.3 is 19.9 Å². The Kier molecular flexibility index (Phi) is 6.17. The monoisotopic (exact) mass is 333 g/mol. The van der Waals surface area contributed by atoms with E-state index in [0.717, 1.165) is 0 Å². The number of hydrogen-bond acceptors (Lipinski definition) is 4. The highest BCUT2D eigenvalue weighted by Gasteiger charge is 2.35. The summed E-state index contributed by atoms with van der Waals surface area (Å²) in [6, 6.07) is 8.60. The summed E-state index contributed by atoms with van der Waals surface area (Å²) in [5.41, 5.74) is 0. The number of benzene rings is 1. The molecule has 0 bridgehead atoms. The molecule has 3 amide bonds. The number of rotatable bonds is 5. The van der Waals surface area contributed by atoms with Crippen LogP contribution in [0.15, 0.2) is 30.3 Å². The van der Waals surface area contributed by atoms with E-state index in [1.165, 1.54) is 18.9 Å². The van der Waals surface area contributed by atoms with Crippen LogP contribution in [-0.2, 0) is 14.4 Å². The van der Waals surface area contributed by atoms with E-state index in [0.29, 0.717) is 18.8 Å². The van der Waals surface area contributed by atoms with Crippen molar-refractivity contribution in [3.8, 4) is 5.75 Å². The summed E-state index contributed by atoms with van der Waals surface area (Å²) < 4.78 is 5.54. The van der Waals surface area contributed by atoms with Gasteiger partial charge in [-0.1, -0.05) is 18.2 Å².